The third-order valence-corrected chi connectivity index (χ3v) is 3.96. The average molecular weight is 332 g/mol. The minimum atomic E-state index is -0.617. The number of anilines is 1. The van der Waals surface area contributed by atoms with Crippen molar-refractivity contribution in [2.24, 2.45) is 0 Å². The minimum Gasteiger partial charge on any atom is -0.445 e. The molecule has 3 rings (SSSR count). The second-order valence-corrected chi connectivity index (χ2v) is 5.84. The van der Waals surface area contributed by atoms with Gasteiger partial charge in [-0.05, 0) is 30.5 Å². The first-order chi connectivity index (χ1) is 11.6. The summed E-state index contributed by atoms with van der Waals surface area (Å²) in [5, 5.41) is 5.77. The number of ether oxygens (including phenoxy) is 1. The second-order valence-electron chi connectivity index (χ2n) is 5.84. The van der Waals surface area contributed by atoms with Gasteiger partial charge < -0.3 is 15.4 Å². The summed E-state index contributed by atoms with van der Waals surface area (Å²) in [5.74, 6) is -1.22. The van der Waals surface area contributed by atoms with Gasteiger partial charge in [0.05, 0.1) is 5.69 Å². The normalized spacial score (nSPS) is 19.2. The molecule has 6 heteroatoms. The molecule has 24 heavy (non-hydrogen) atoms. The maximum atomic E-state index is 13.5. The molecule has 0 aliphatic heterocycles. The van der Waals surface area contributed by atoms with Crippen LogP contribution >= 0.6 is 0 Å². The van der Waals surface area contributed by atoms with E-state index in [1.807, 2.05) is 30.3 Å². The predicted octanol–water partition coefficient (Wildman–Crippen LogP) is 3.83. The SMILES string of the molecule is O=C(NC1CC(Nc2ccc(F)cc2F)C1)OCc1ccccc1. The van der Waals surface area contributed by atoms with Crippen LogP contribution in [0.1, 0.15) is 18.4 Å². The van der Waals surface area contributed by atoms with E-state index in [4.69, 9.17) is 4.74 Å². The van der Waals surface area contributed by atoms with Crippen LogP contribution in [0.25, 0.3) is 0 Å². The molecule has 0 heterocycles. The van der Waals surface area contributed by atoms with Gasteiger partial charge in [0, 0.05) is 18.2 Å². The summed E-state index contributed by atoms with van der Waals surface area (Å²) in [6, 6.07) is 12.9. The average Bonchev–Trinajstić information content (AvgIpc) is 2.54. The molecule has 0 bridgehead atoms. The van der Waals surface area contributed by atoms with Gasteiger partial charge in [-0.15, -0.1) is 0 Å². The molecule has 1 amide bonds. The van der Waals surface area contributed by atoms with Gasteiger partial charge in [0.15, 0.2) is 0 Å². The topological polar surface area (TPSA) is 50.4 Å². The molecule has 0 radical (unpaired) electrons. The summed E-state index contributed by atoms with van der Waals surface area (Å²) in [4.78, 5) is 11.7. The van der Waals surface area contributed by atoms with Crippen molar-refractivity contribution in [1.29, 1.82) is 0 Å². The molecule has 1 aliphatic rings. The summed E-state index contributed by atoms with van der Waals surface area (Å²) in [7, 11) is 0. The van der Waals surface area contributed by atoms with E-state index >= 15 is 0 Å². The number of rotatable bonds is 5. The molecule has 0 saturated heterocycles. The Kier molecular flexibility index (Phi) is 4.93. The molecule has 0 atom stereocenters. The van der Waals surface area contributed by atoms with Gasteiger partial charge >= 0.3 is 6.09 Å². The summed E-state index contributed by atoms with van der Waals surface area (Å²) in [5.41, 5.74) is 1.19. The van der Waals surface area contributed by atoms with E-state index in [9.17, 15) is 13.6 Å². The zero-order valence-corrected chi connectivity index (χ0v) is 13.0. The number of hydrogen-bond donors (Lipinski definition) is 2. The number of hydrogen-bond acceptors (Lipinski definition) is 3. The third kappa shape index (κ3) is 4.22. The van der Waals surface area contributed by atoms with Gasteiger partial charge in [-0.2, -0.15) is 0 Å². The summed E-state index contributed by atoms with van der Waals surface area (Å²) in [6.45, 7) is 0.224. The molecule has 0 spiro atoms. The van der Waals surface area contributed by atoms with Crippen molar-refractivity contribution in [3.63, 3.8) is 0 Å². The molecule has 2 aromatic rings. The second kappa shape index (κ2) is 7.29. The zero-order valence-electron chi connectivity index (χ0n) is 13.0. The predicted molar refractivity (Wildman–Crippen MR) is 86.6 cm³/mol. The number of nitrogens with one attached hydrogen (secondary N) is 2. The van der Waals surface area contributed by atoms with Crippen LogP contribution in [-0.4, -0.2) is 18.2 Å². The Bertz CT molecular complexity index is 703. The van der Waals surface area contributed by atoms with Crippen molar-refractivity contribution in [2.45, 2.75) is 31.5 Å². The Morgan fingerprint density at radius 3 is 2.54 bits per heavy atom. The van der Waals surface area contributed by atoms with Gasteiger partial charge in [-0.1, -0.05) is 30.3 Å². The number of halogens is 2. The fraction of sp³-hybridized carbons (Fsp3) is 0.278. The van der Waals surface area contributed by atoms with Crippen molar-refractivity contribution >= 4 is 11.8 Å². The van der Waals surface area contributed by atoms with E-state index in [0.717, 1.165) is 11.6 Å². The molecule has 2 aromatic carbocycles. The Hall–Kier alpha value is -2.63. The first-order valence-corrected chi connectivity index (χ1v) is 7.79. The lowest BCUT2D eigenvalue weighted by Gasteiger charge is -2.36. The number of carbonyl (C=O) groups is 1. The lowest BCUT2D eigenvalue weighted by Crippen LogP contribution is -2.49. The largest absolute Gasteiger partial charge is 0.445 e. The maximum absolute atomic E-state index is 13.5. The zero-order chi connectivity index (χ0) is 16.9. The quantitative estimate of drug-likeness (QED) is 0.875. The molecular weight excluding hydrogens is 314 g/mol. The standard InChI is InChI=1S/C18H18F2N2O2/c19-13-6-7-17(16(20)8-13)21-14-9-15(10-14)22-18(23)24-11-12-4-2-1-3-5-12/h1-8,14-15,21H,9-11H2,(H,22,23). The molecule has 2 N–H and O–H groups in total. The Morgan fingerprint density at radius 2 is 1.83 bits per heavy atom. The molecule has 126 valence electrons. The van der Waals surface area contributed by atoms with E-state index in [0.29, 0.717) is 12.8 Å². The van der Waals surface area contributed by atoms with Crippen LogP contribution in [0.4, 0.5) is 19.3 Å². The lowest BCUT2D eigenvalue weighted by atomic mass is 9.86. The highest BCUT2D eigenvalue weighted by Crippen LogP contribution is 2.26. The van der Waals surface area contributed by atoms with Gasteiger partial charge in [0.2, 0.25) is 0 Å². The van der Waals surface area contributed by atoms with Crippen LogP contribution in [0.15, 0.2) is 48.5 Å². The van der Waals surface area contributed by atoms with Crippen molar-refractivity contribution in [2.75, 3.05) is 5.32 Å². The van der Waals surface area contributed by atoms with E-state index in [2.05, 4.69) is 10.6 Å². The minimum absolute atomic E-state index is 0.00529. The van der Waals surface area contributed by atoms with Gasteiger partial charge in [0.25, 0.3) is 0 Å². The lowest BCUT2D eigenvalue weighted by molar-refractivity contribution is 0.129. The van der Waals surface area contributed by atoms with Crippen LogP contribution < -0.4 is 10.6 Å². The van der Waals surface area contributed by atoms with Crippen LogP contribution in [0, 0.1) is 11.6 Å². The smallest absolute Gasteiger partial charge is 0.407 e. The van der Waals surface area contributed by atoms with Gasteiger partial charge in [-0.3, -0.25) is 0 Å². The van der Waals surface area contributed by atoms with Crippen LogP contribution in [0.2, 0.25) is 0 Å². The molecule has 1 saturated carbocycles. The summed E-state index contributed by atoms with van der Waals surface area (Å²) in [6.07, 6.45) is 0.865. The molecule has 0 aromatic heterocycles. The van der Waals surface area contributed by atoms with Crippen LogP contribution in [0.3, 0.4) is 0 Å². The van der Waals surface area contributed by atoms with E-state index < -0.39 is 17.7 Å². The first kappa shape index (κ1) is 16.2. The Labute approximate surface area is 138 Å². The highest BCUT2D eigenvalue weighted by atomic mass is 19.1. The van der Waals surface area contributed by atoms with Crippen LogP contribution in [-0.2, 0) is 11.3 Å². The number of benzene rings is 2. The molecule has 0 unspecified atom stereocenters. The van der Waals surface area contributed by atoms with Crippen molar-refractivity contribution < 1.29 is 18.3 Å². The van der Waals surface area contributed by atoms with Crippen molar-refractivity contribution in [3.8, 4) is 0 Å². The molecule has 1 fully saturated rings. The van der Waals surface area contributed by atoms with Crippen molar-refractivity contribution in [1.82, 2.24) is 5.32 Å². The third-order valence-electron chi connectivity index (χ3n) is 3.96. The highest BCUT2D eigenvalue weighted by Gasteiger charge is 2.31. The molecule has 4 nitrogen and oxygen atoms in total. The maximum Gasteiger partial charge on any atom is 0.407 e. The fourth-order valence-electron chi connectivity index (χ4n) is 2.61. The summed E-state index contributed by atoms with van der Waals surface area (Å²) < 4.78 is 31.5. The first-order valence-electron chi connectivity index (χ1n) is 7.79. The van der Waals surface area contributed by atoms with Crippen molar-refractivity contribution in [3.05, 3.63) is 65.7 Å². The van der Waals surface area contributed by atoms with E-state index in [-0.39, 0.29) is 24.4 Å². The Balaban J connectivity index is 1.38. The van der Waals surface area contributed by atoms with E-state index in [1.54, 1.807) is 0 Å². The highest BCUT2D eigenvalue weighted by molar-refractivity contribution is 5.67. The fourth-order valence-corrected chi connectivity index (χ4v) is 2.61. The number of carbonyl (C=O) groups excluding carboxylic acids is 1. The molecule has 1 aliphatic carbocycles. The van der Waals surface area contributed by atoms with Gasteiger partial charge in [-0.25, -0.2) is 13.6 Å². The van der Waals surface area contributed by atoms with E-state index in [1.165, 1.54) is 12.1 Å². The van der Waals surface area contributed by atoms with Crippen LogP contribution in [0.5, 0.6) is 0 Å². The molecular formula is C18H18F2N2O2. The van der Waals surface area contributed by atoms with Gasteiger partial charge in [0.1, 0.15) is 18.2 Å². The number of amides is 1. The monoisotopic (exact) mass is 332 g/mol. The number of alkyl carbamates (subject to hydrolysis) is 1. The Morgan fingerprint density at radius 1 is 1.08 bits per heavy atom. The summed E-state index contributed by atoms with van der Waals surface area (Å²) >= 11 is 0.